The second-order valence-corrected chi connectivity index (χ2v) is 4.72. The molecule has 0 saturated carbocycles. The predicted molar refractivity (Wildman–Crippen MR) is 80.9 cm³/mol. The van der Waals surface area contributed by atoms with Crippen LogP contribution in [0.15, 0.2) is 36.4 Å². The largest absolute Gasteiger partial charge is 0.486 e. The van der Waals surface area contributed by atoms with E-state index in [1.807, 2.05) is 24.3 Å². The van der Waals surface area contributed by atoms with Crippen LogP contribution in [-0.2, 0) is 6.42 Å². The maximum atomic E-state index is 6.09. The minimum Gasteiger partial charge on any atom is -0.486 e. The molecular formula is C16H18N2O2. The van der Waals surface area contributed by atoms with Gasteiger partial charge in [0.2, 0.25) is 0 Å². The summed E-state index contributed by atoms with van der Waals surface area (Å²) in [4.78, 5) is 0. The summed E-state index contributed by atoms with van der Waals surface area (Å²) >= 11 is 0. The molecule has 104 valence electrons. The summed E-state index contributed by atoms with van der Waals surface area (Å²) < 4.78 is 11.1. The van der Waals surface area contributed by atoms with Crippen LogP contribution in [0.5, 0.6) is 11.5 Å². The summed E-state index contributed by atoms with van der Waals surface area (Å²) in [6.07, 6.45) is 0.966. The first-order valence-electron chi connectivity index (χ1n) is 6.82. The maximum Gasteiger partial charge on any atom is 0.163 e. The Kier molecular flexibility index (Phi) is 3.37. The molecule has 0 radical (unpaired) electrons. The lowest BCUT2D eigenvalue weighted by Gasteiger charge is -2.21. The molecule has 0 atom stereocenters. The van der Waals surface area contributed by atoms with Crippen molar-refractivity contribution >= 4 is 17.1 Å². The fourth-order valence-electron chi connectivity index (χ4n) is 2.31. The van der Waals surface area contributed by atoms with Gasteiger partial charge in [0.15, 0.2) is 11.5 Å². The lowest BCUT2D eigenvalue weighted by atomic mass is 10.1. The Balaban J connectivity index is 1.94. The van der Waals surface area contributed by atoms with Crippen LogP contribution in [0.1, 0.15) is 12.5 Å². The van der Waals surface area contributed by atoms with Gasteiger partial charge in [0, 0.05) is 17.8 Å². The predicted octanol–water partition coefficient (Wildman–Crippen LogP) is 3.35. The molecule has 0 bridgehead atoms. The van der Waals surface area contributed by atoms with Crippen LogP contribution in [0, 0.1) is 0 Å². The lowest BCUT2D eigenvalue weighted by molar-refractivity contribution is 0.172. The summed E-state index contributed by atoms with van der Waals surface area (Å²) in [6, 6.07) is 11.9. The van der Waals surface area contributed by atoms with E-state index >= 15 is 0 Å². The van der Waals surface area contributed by atoms with Crippen molar-refractivity contribution in [2.45, 2.75) is 13.3 Å². The molecular weight excluding hydrogens is 252 g/mol. The summed E-state index contributed by atoms with van der Waals surface area (Å²) in [5.74, 6) is 1.45. The minimum absolute atomic E-state index is 0.567. The number of rotatable bonds is 3. The van der Waals surface area contributed by atoms with E-state index in [1.54, 1.807) is 0 Å². The van der Waals surface area contributed by atoms with E-state index in [2.05, 4.69) is 24.4 Å². The van der Waals surface area contributed by atoms with Gasteiger partial charge in [0.05, 0.1) is 11.4 Å². The minimum atomic E-state index is 0.567. The number of anilines is 3. The molecule has 3 N–H and O–H groups in total. The number of fused-ring (bicyclic) bond motifs is 1. The van der Waals surface area contributed by atoms with Crippen molar-refractivity contribution in [3.05, 3.63) is 42.0 Å². The quantitative estimate of drug-likeness (QED) is 0.840. The molecule has 0 unspecified atom stereocenters. The monoisotopic (exact) mass is 270 g/mol. The highest BCUT2D eigenvalue weighted by Gasteiger charge is 2.15. The van der Waals surface area contributed by atoms with Crippen LogP contribution in [0.2, 0.25) is 0 Å². The molecule has 1 aliphatic rings. The average Bonchev–Trinajstić information content (AvgIpc) is 2.48. The lowest BCUT2D eigenvalue weighted by Crippen LogP contribution is -2.15. The second-order valence-electron chi connectivity index (χ2n) is 4.72. The van der Waals surface area contributed by atoms with Crippen LogP contribution >= 0.6 is 0 Å². The average molecular weight is 270 g/mol. The van der Waals surface area contributed by atoms with E-state index in [0.717, 1.165) is 23.5 Å². The molecule has 4 nitrogen and oxygen atoms in total. The van der Waals surface area contributed by atoms with E-state index in [9.17, 15) is 0 Å². The van der Waals surface area contributed by atoms with Gasteiger partial charge < -0.3 is 20.5 Å². The van der Waals surface area contributed by atoms with E-state index in [1.165, 1.54) is 5.56 Å². The number of benzene rings is 2. The van der Waals surface area contributed by atoms with Crippen molar-refractivity contribution in [2.75, 3.05) is 24.3 Å². The summed E-state index contributed by atoms with van der Waals surface area (Å²) in [6.45, 7) is 3.27. The Labute approximate surface area is 118 Å². The van der Waals surface area contributed by atoms with E-state index in [4.69, 9.17) is 15.2 Å². The van der Waals surface area contributed by atoms with Gasteiger partial charge in [-0.3, -0.25) is 0 Å². The fraction of sp³-hybridized carbons (Fsp3) is 0.250. The highest BCUT2D eigenvalue weighted by Crippen LogP contribution is 2.38. The van der Waals surface area contributed by atoms with Gasteiger partial charge in [-0.15, -0.1) is 0 Å². The first-order valence-corrected chi connectivity index (χ1v) is 6.82. The van der Waals surface area contributed by atoms with Gasteiger partial charge in [-0.2, -0.15) is 0 Å². The van der Waals surface area contributed by atoms with Gasteiger partial charge in [-0.25, -0.2) is 0 Å². The van der Waals surface area contributed by atoms with E-state index in [0.29, 0.717) is 24.7 Å². The molecule has 0 spiro atoms. The molecule has 0 aliphatic carbocycles. The Morgan fingerprint density at radius 3 is 2.50 bits per heavy atom. The number of nitrogen functional groups attached to an aromatic ring is 1. The van der Waals surface area contributed by atoms with Crippen molar-refractivity contribution in [1.82, 2.24) is 0 Å². The van der Waals surface area contributed by atoms with Gasteiger partial charge in [-0.1, -0.05) is 25.1 Å². The van der Waals surface area contributed by atoms with E-state index < -0.39 is 0 Å². The Hall–Kier alpha value is -2.36. The SMILES string of the molecule is CCc1ccccc1Nc1cc2c(cc1N)OCCO2. The van der Waals surface area contributed by atoms with Crippen molar-refractivity contribution in [2.24, 2.45) is 0 Å². The number of hydrogen-bond donors (Lipinski definition) is 2. The normalized spacial score (nSPS) is 13.1. The molecule has 0 amide bonds. The molecule has 1 aliphatic heterocycles. The molecule has 1 heterocycles. The van der Waals surface area contributed by atoms with Gasteiger partial charge in [0.1, 0.15) is 13.2 Å². The maximum absolute atomic E-state index is 6.09. The Bertz CT molecular complexity index is 626. The van der Waals surface area contributed by atoms with Crippen LogP contribution in [0.3, 0.4) is 0 Å². The molecule has 20 heavy (non-hydrogen) atoms. The van der Waals surface area contributed by atoms with Gasteiger partial charge >= 0.3 is 0 Å². The van der Waals surface area contributed by atoms with Crippen molar-refractivity contribution in [3.63, 3.8) is 0 Å². The van der Waals surface area contributed by atoms with Crippen LogP contribution in [-0.4, -0.2) is 13.2 Å². The number of nitrogens with two attached hydrogens (primary N) is 1. The van der Waals surface area contributed by atoms with Crippen LogP contribution < -0.4 is 20.5 Å². The molecule has 4 heteroatoms. The number of hydrogen-bond acceptors (Lipinski definition) is 4. The highest BCUT2D eigenvalue weighted by atomic mass is 16.6. The van der Waals surface area contributed by atoms with Crippen molar-refractivity contribution in [1.29, 1.82) is 0 Å². The second kappa shape index (κ2) is 5.33. The van der Waals surface area contributed by atoms with Gasteiger partial charge in [0.25, 0.3) is 0 Å². The molecule has 0 fully saturated rings. The third-order valence-electron chi connectivity index (χ3n) is 3.38. The zero-order valence-corrected chi connectivity index (χ0v) is 11.5. The number of aryl methyl sites for hydroxylation is 1. The smallest absolute Gasteiger partial charge is 0.163 e. The van der Waals surface area contributed by atoms with Crippen LogP contribution in [0.4, 0.5) is 17.1 Å². The third-order valence-corrected chi connectivity index (χ3v) is 3.38. The third kappa shape index (κ3) is 2.37. The molecule has 2 aromatic carbocycles. The molecule has 2 aromatic rings. The first-order chi connectivity index (χ1) is 9.78. The fourth-order valence-corrected chi connectivity index (χ4v) is 2.31. The van der Waals surface area contributed by atoms with Gasteiger partial charge in [-0.05, 0) is 18.1 Å². The number of nitrogens with one attached hydrogen (secondary N) is 1. The number of ether oxygens (including phenoxy) is 2. The summed E-state index contributed by atoms with van der Waals surface area (Å²) in [5, 5.41) is 3.38. The standard InChI is InChI=1S/C16H18N2O2/c1-2-11-5-3-4-6-13(11)18-14-10-16-15(9-12(14)17)19-7-8-20-16/h3-6,9-10,18H,2,7-8,17H2,1H3. The molecule has 3 rings (SSSR count). The highest BCUT2D eigenvalue weighted by molar-refractivity contribution is 5.77. The zero-order valence-electron chi connectivity index (χ0n) is 11.5. The Morgan fingerprint density at radius 2 is 1.75 bits per heavy atom. The number of para-hydroxylation sites is 1. The molecule has 0 saturated heterocycles. The van der Waals surface area contributed by atoms with Crippen LogP contribution in [0.25, 0.3) is 0 Å². The van der Waals surface area contributed by atoms with Crippen molar-refractivity contribution < 1.29 is 9.47 Å². The first kappa shape index (κ1) is 12.7. The molecule has 0 aromatic heterocycles. The van der Waals surface area contributed by atoms with Crippen molar-refractivity contribution in [3.8, 4) is 11.5 Å². The Morgan fingerprint density at radius 1 is 1.05 bits per heavy atom. The topological polar surface area (TPSA) is 56.5 Å². The zero-order chi connectivity index (χ0) is 13.9. The summed E-state index contributed by atoms with van der Waals surface area (Å²) in [7, 11) is 0. The summed E-state index contributed by atoms with van der Waals surface area (Å²) in [5.41, 5.74) is 9.90. The van der Waals surface area contributed by atoms with E-state index in [-0.39, 0.29) is 0 Å².